The van der Waals surface area contributed by atoms with E-state index in [9.17, 15) is 4.79 Å². The van der Waals surface area contributed by atoms with Gasteiger partial charge in [-0.2, -0.15) is 0 Å². The minimum Gasteiger partial charge on any atom is -0.481 e. The Morgan fingerprint density at radius 1 is 0.724 bits per heavy atom. The third kappa shape index (κ3) is 11.4. The average molecular weight is 410 g/mol. The summed E-state index contributed by atoms with van der Waals surface area (Å²) in [7, 11) is 2.30. The quantitative estimate of drug-likeness (QED) is 0.264. The molecule has 0 aromatic carbocycles. The molecular weight excluding hydrogens is 358 g/mol. The first-order valence-corrected chi connectivity index (χ1v) is 12.6. The molecule has 1 heterocycles. The lowest BCUT2D eigenvalue weighted by atomic mass is 9.72. The summed E-state index contributed by atoms with van der Waals surface area (Å²) in [6.45, 7) is 9.67. The largest absolute Gasteiger partial charge is 0.481 e. The molecule has 1 rings (SSSR count). The van der Waals surface area contributed by atoms with Crippen molar-refractivity contribution < 1.29 is 9.90 Å². The minimum atomic E-state index is -0.653. The van der Waals surface area contributed by atoms with Crippen LogP contribution in [0.3, 0.4) is 0 Å². The predicted octanol–water partition coefficient (Wildman–Crippen LogP) is 7.82. The minimum absolute atomic E-state index is 0.338. The third-order valence-corrected chi connectivity index (χ3v) is 7.40. The summed E-state index contributed by atoms with van der Waals surface area (Å²) in [5, 5.41) is 8.61. The normalized spacial score (nSPS) is 19.5. The molecule has 3 heteroatoms. The molecule has 1 N–H and O–H groups in total. The Morgan fingerprint density at radius 3 is 1.45 bits per heavy atom. The summed E-state index contributed by atoms with van der Waals surface area (Å²) in [5.74, 6) is 0.250. The molecule has 0 amide bonds. The summed E-state index contributed by atoms with van der Waals surface area (Å²) < 4.78 is 0. The van der Waals surface area contributed by atoms with Gasteiger partial charge < -0.3 is 5.11 Å². The molecule has 1 aliphatic rings. The molecule has 1 fully saturated rings. The molecule has 0 bridgehead atoms. The zero-order chi connectivity index (χ0) is 21.8. The first kappa shape index (κ1) is 26.5. The van der Waals surface area contributed by atoms with Gasteiger partial charge in [0.2, 0.25) is 0 Å². The number of likely N-dealkylation sites (tertiary alicyclic amines) is 1. The van der Waals surface area contributed by atoms with Crippen LogP contribution in [0.4, 0.5) is 0 Å². The molecule has 3 nitrogen and oxygen atoms in total. The standard InChI is InChI=1S/C26H51NO2/c1-25(2)21-23(22-26(3,4)27(25)5)19-17-15-13-11-9-7-6-8-10-12-14-16-18-20-24(28)29/h23H,6-22H2,1-5H3,(H,28,29). The molecule has 172 valence electrons. The molecule has 0 aromatic rings. The number of hydrogen-bond donors (Lipinski definition) is 1. The van der Waals surface area contributed by atoms with Crippen molar-refractivity contribution in [3.63, 3.8) is 0 Å². The maximum atomic E-state index is 10.4. The fourth-order valence-corrected chi connectivity index (χ4v) is 5.44. The number of carbonyl (C=O) groups is 1. The van der Waals surface area contributed by atoms with Gasteiger partial charge in [-0.25, -0.2) is 0 Å². The van der Waals surface area contributed by atoms with E-state index in [1.54, 1.807) is 0 Å². The van der Waals surface area contributed by atoms with Crippen LogP contribution in [0.2, 0.25) is 0 Å². The lowest BCUT2D eigenvalue weighted by molar-refractivity contribution is -0.137. The molecule has 0 spiro atoms. The van der Waals surface area contributed by atoms with Crippen molar-refractivity contribution in [2.24, 2.45) is 5.92 Å². The Bertz CT molecular complexity index is 426. The third-order valence-electron chi connectivity index (χ3n) is 7.40. The van der Waals surface area contributed by atoms with Crippen molar-refractivity contribution in [1.29, 1.82) is 0 Å². The molecule has 29 heavy (non-hydrogen) atoms. The summed E-state index contributed by atoms with van der Waals surface area (Å²) in [4.78, 5) is 13.0. The molecule has 0 atom stereocenters. The van der Waals surface area contributed by atoms with Crippen LogP contribution in [-0.2, 0) is 4.79 Å². The van der Waals surface area contributed by atoms with Crippen LogP contribution in [0.1, 0.15) is 137 Å². The van der Waals surface area contributed by atoms with Crippen LogP contribution >= 0.6 is 0 Å². The molecule has 0 unspecified atom stereocenters. The van der Waals surface area contributed by atoms with Crippen molar-refractivity contribution in [3.8, 4) is 0 Å². The zero-order valence-corrected chi connectivity index (χ0v) is 20.4. The van der Waals surface area contributed by atoms with E-state index in [0.29, 0.717) is 17.5 Å². The Kier molecular flexibility index (Phi) is 12.5. The van der Waals surface area contributed by atoms with Crippen molar-refractivity contribution in [3.05, 3.63) is 0 Å². The second-order valence-corrected chi connectivity index (χ2v) is 11.0. The van der Waals surface area contributed by atoms with E-state index in [-0.39, 0.29) is 0 Å². The van der Waals surface area contributed by atoms with E-state index in [1.807, 2.05) is 0 Å². The molecular formula is C26H51NO2. The highest BCUT2D eigenvalue weighted by Crippen LogP contribution is 2.41. The van der Waals surface area contributed by atoms with Gasteiger partial charge in [0, 0.05) is 17.5 Å². The fraction of sp³-hybridized carbons (Fsp3) is 0.962. The highest BCUT2D eigenvalue weighted by molar-refractivity contribution is 5.66. The van der Waals surface area contributed by atoms with Crippen LogP contribution in [-0.4, -0.2) is 34.1 Å². The van der Waals surface area contributed by atoms with E-state index in [1.165, 1.54) is 89.9 Å². The number of aliphatic carboxylic acids is 1. The van der Waals surface area contributed by atoms with Gasteiger partial charge in [-0.1, -0.05) is 83.5 Å². The Hall–Kier alpha value is -0.570. The Morgan fingerprint density at radius 2 is 1.07 bits per heavy atom. The number of rotatable bonds is 16. The van der Waals surface area contributed by atoms with Crippen LogP contribution < -0.4 is 0 Å². The van der Waals surface area contributed by atoms with Gasteiger partial charge in [0.05, 0.1) is 0 Å². The Labute approximate surface area is 182 Å². The topological polar surface area (TPSA) is 40.5 Å². The van der Waals surface area contributed by atoms with Gasteiger partial charge in [-0.05, 0) is 59.9 Å². The van der Waals surface area contributed by atoms with Gasteiger partial charge >= 0.3 is 5.97 Å². The number of nitrogens with zero attached hydrogens (tertiary/aromatic N) is 1. The first-order chi connectivity index (χ1) is 13.6. The maximum absolute atomic E-state index is 10.4. The lowest BCUT2D eigenvalue weighted by Crippen LogP contribution is -2.58. The monoisotopic (exact) mass is 409 g/mol. The molecule has 0 aliphatic carbocycles. The summed E-state index contributed by atoms with van der Waals surface area (Å²) >= 11 is 0. The highest BCUT2D eigenvalue weighted by Gasteiger charge is 2.42. The number of carboxylic acids is 1. The van der Waals surface area contributed by atoms with Gasteiger partial charge in [0.1, 0.15) is 0 Å². The molecule has 0 saturated carbocycles. The van der Waals surface area contributed by atoms with Gasteiger partial charge in [0.25, 0.3) is 0 Å². The zero-order valence-electron chi connectivity index (χ0n) is 20.4. The summed E-state index contributed by atoms with van der Waals surface area (Å²) in [5.41, 5.74) is 0.676. The number of unbranched alkanes of at least 4 members (excludes halogenated alkanes) is 12. The second-order valence-electron chi connectivity index (χ2n) is 11.0. The molecule has 1 saturated heterocycles. The summed E-state index contributed by atoms with van der Waals surface area (Å²) in [6.07, 6.45) is 21.5. The smallest absolute Gasteiger partial charge is 0.303 e. The van der Waals surface area contributed by atoms with E-state index in [2.05, 4.69) is 39.6 Å². The van der Waals surface area contributed by atoms with Gasteiger partial charge in [0.15, 0.2) is 0 Å². The van der Waals surface area contributed by atoms with Crippen molar-refractivity contribution in [1.82, 2.24) is 4.90 Å². The van der Waals surface area contributed by atoms with Crippen molar-refractivity contribution in [2.75, 3.05) is 7.05 Å². The SMILES string of the molecule is CN1C(C)(C)CC(CCCCCCCCCCCCCCCC(=O)O)CC1(C)C. The number of carboxylic acid groups (broad SMARTS) is 1. The fourth-order valence-electron chi connectivity index (χ4n) is 5.44. The predicted molar refractivity (Wildman–Crippen MR) is 126 cm³/mol. The van der Waals surface area contributed by atoms with Gasteiger partial charge in [-0.15, -0.1) is 0 Å². The second kappa shape index (κ2) is 13.7. The molecule has 0 radical (unpaired) electrons. The first-order valence-electron chi connectivity index (χ1n) is 12.6. The van der Waals surface area contributed by atoms with Crippen LogP contribution in [0.5, 0.6) is 0 Å². The molecule has 1 aliphatic heterocycles. The van der Waals surface area contributed by atoms with E-state index >= 15 is 0 Å². The van der Waals surface area contributed by atoms with E-state index < -0.39 is 5.97 Å². The maximum Gasteiger partial charge on any atom is 0.303 e. The van der Waals surface area contributed by atoms with Crippen molar-refractivity contribution in [2.45, 2.75) is 148 Å². The number of hydrogen-bond acceptors (Lipinski definition) is 2. The average Bonchev–Trinajstić information content (AvgIpc) is 2.62. The van der Waals surface area contributed by atoms with Crippen LogP contribution in [0, 0.1) is 5.92 Å². The van der Waals surface area contributed by atoms with Gasteiger partial charge in [-0.3, -0.25) is 9.69 Å². The number of piperidine rings is 1. The molecule has 0 aromatic heterocycles. The van der Waals surface area contributed by atoms with E-state index in [0.717, 1.165) is 18.8 Å². The van der Waals surface area contributed by atoms with E-state index in [4.69, 9.17) is 5.11 Å². The van der Waals surface area contributed by atoms with Crippen LogP contribution in [0.25, 0.3) is 0 Å². The highest BCUT2D eigenvalue weighted by atomic mass is 16.4. The van der Waals surface area contributed by atoms with Crippen LogP contribution in [0.15, 0.2) is 0 Å². The Balaban J connectivity index is 1.90. The lowest BCUT2D eigenvalue weighted by Gasteiger charge is -2.54. The summed E-state index contributed by atoms with van der Waals surface area (Å²) in [6, 6.07) is 0. The van der Waals surface area contributed by atoms with Crippen molar-refractivity contribution >= 4 is 5.97 Å².